The molecule has 0 fully saturated rings. The monoisotopic (exact) mass is 282 g/mol. The number of nitrogens with two attached hydrogens (primary N) is 1. The van der Waals surface area contributed by atoms with Gasteiger partial charge in [0, 0.05) is 32.8 Å². The zero-order chi connectivity index (χ0) is 14.3. The number of rotatable bonds is 7. The van der Waals surface area contributed by atoms with Crippen LogP contribution in [0.3, 0.4) is 0 Å². The Bertz CT molecular complexity index is 436. The minimum Gasteiger partial charge on any atom is -0.393 e. The normalized spacial score (nSPS) is 10.2. The molecule has 0 radical (unpaired) electrons. The van der Waals surface area contributed by atoms with Crippen LogP contribution in [0.5, 0.6) is 0 Å². The summed E-state index contributed by atoms with van der Waals surface area (Å²) in [6.45, 7) is 3.18. The van der Waals surface area contributed by atoms with E-state index in [2.05, 4.69) is 9.97 Å². The number of hydrogen-bond acceptors (Lipinski definition) is 5. The van der Waals surface area contributed by atoms with Gasteiger partial charge in [0.25, 0.3) is 5.91 Å². The summed E-state index contributed by atoms with van der Waals surface area (Å²) in [4.78, 5) is 22.4. The van der Waals surface area contributed by atoms with Crippen molar-refractivity contribution in [2.24, 2.45) is 5.73 Å². The molecule has 0 saturated carbocycles. The summed E-state index contributed by atoms with van der Waals surface area (Å²) in [5.41, 5.74) is 6.54. The van der Waals surface area contributed by atoms with Gasteiger partial charge < -0.3 is 15.4 Å². The molecule has 0 aliphatic heterocycles. The summed E-state index contributed by atoms with van der Waals surface area (Å²) < 4.78 is 4.99. The third kappa shape index (κ3) is 5.27. The number of hydrogen-bond donors (Lipinski definition) is 1. The zero-order valence-electron chi connectivity index (χ0n) is 11.1. The number of thiocarbonyl (C=S) groups is 1. The van der Waals surface area contributed by atoms with Gasteiger partial charge in [0.15, 0.2) is 0 Å². The van der Waals surface area contributed by atoms with E-state index in [0.717, 1.165) is 5.69 Å². The largest absolute Gasteiger partial charge is 0.393 e. The molecule has 19 heavy (non-hydrogen) atoms. The summed E-state index contributed by atoms with van der Waals surface area (Å²) in [7, 11) is 1.59. The fourth-order valence-electron chi connectivity index (χ4n) is 1.43. The van der Waals surface area contributed by atoms with Gasteiger partial charge in [-0.3, -0.25) is 9.78 Å². The van der Waals surface area contributed by atoms with Crippen molar-refractivity contribution in [3.05, 3.63) is 23.8 Å². The first-order valence-corrected chi connectivity index (χ1v) is 6.30. The van der Waals surface area contributed by atoms with Gasteiger partial charge in [-0.2, -0.15) is 0 Å². The van der Waals surface area contributed by atoms with Crippen LogP contribution in [0.15, 0.2) is 12.4 Å². The molecule has 104 valence electrons. The standard InChI is InChI=1S/C12H18N4O2S/c1-9-7-15-10(8-14-9)12(17)16(5-6-18-2)4-3-11(13)19/h7-8H,3-6H2,1-2H3,(H2,13,19). The fraction of sp³-hybridized carbons (Fsp3) is 0.500. The minimum absolute atomic E-state index is 0.194. The van der Waals surface area contributed by atoms with E-state index in [1.165, 1.54) is 6.20 Å². The zero-order valence-corrected chi connectivity index (χ0v) is 11.9. The van der Waals surface area contributed by atoms with Crippen molar-refractivity contribution in [3.8, 4) is 0 Å². The molecule has 0 aliphatic rings. The Hall–Kier alpha value is -1.60. The maximum atomic E-state index is 12.3. The van der Waals surface area contributed by atoms with Gasteiger partial charge in [-0.05, 0) is 6.92 Å². The second-order valence-electron chi connectivity index (χ2n) is 4.04. The fourth-order valence-corrected chi connectivity index (χ4v) is 1.52. The van der Waals surface area contributed by atoms with Crippen molar-refractivity contribution in [2.75, 3.05) is 26.8 Å². The van der Waals surface area contributed by atoms with Crippen LogP contribution >= 0.6 is 12.2 Å². The van der Waals surface area contributed by atoms with E-state index in [4.69, 9.17) is 22.7 Å². The van der Waals surface area contributed by atoms with Crippen molar-refractivity contribution < 1.29 is 9.53 Å². The SMILES string of the molecule is COCCN(CCC(N)=S)C(=O)c1cnc(C)cn1. The van der Waals surface area contributed by atoms with Crippen LogP contribution < -0.4 is 5.73 Å². The van der Waals surface area contributed by atoms with Crippen LogP contribution in [-0.4, -0.2) is 52.6 Å². The van der Waals surface area contributed by atoms with Crippen molar-refractivity contribution in [1.29, 1.82) is 0 Å². The van der Waals surface area contributed by atoms with Gasteiger partial charge in [0.05, 0.1) is 23.5 Å². The molecule has 2 N–H and O–H groups in total. The smallest absolute Gasteiger partial charge is 0.274 e. The molecule has 0 spiro atoms. The maximum absolute atomic E-state index is 12.3. The van der Waals surface area contributed by atoms with Crippen LogP contribution in [0.4, 0.5) is 0 Å². The highest BCUT2D eigenvalue weighted by molar-refractivity contribution is 7.80. The van der Waals surface area contributed by atoms with E-state index in [1.807, 2.05) is 6.92 Å². The summed E-state index contributed by atoms with van der Waals surface area (Å²) >= 11 is 4.83. The average Bonchev–Trinajstić information content (AvgIpc) is 2.39. The number of aromatic nitrogens is 2. The highest BCUT2D eigenvalue weighted by Crippen LogP contribution is 2.03. The van der Waals surface area contributed by atoms with E-state index in [1.54, 1.807) is 18.2 Å². The molecule has 0 atom stereocenters. The van der Waals surface area contributed by atoms with Crippen LogP contribution in [0.1, 0.15) is 22.6 Å². The van der Waals surface area contributed by atoms with Gasteiger partial charge in [0.2, 0.25) is 0 Å². The third-order valence-electron chi connectivity index (χ3n) is 2.48. The van der Waals surface area contributed by atoms with Crippen molar-refractivity contribution in [3.63, 3.8) is 0 Å². The topological polar surface area (TPSA) is 81.3 Å². The molecule has 0 unspecified atom stereocenters. The average molecular weight is 282 g/mol. The molecule has 1 aromatic rings. The van der Waals surface area contributed by atoms with Crippen LogP contribution in [-0.2, 0) is 4.74 Å². The predicted molar refractivity (Wildman–Crippen MR) is 76.0 cm³/mol. The Labute approximate surface area is 118 Å². The van der Waals surface area contributed by atoms with Crippen molar-refractivity contribution in [1.82, 2.24) is 14.9 Å². The van der Waals surface area contributed by atoms with E-state index in [0.29, 0.717) is 36.8 Å². The van der Waals surface area contributed by atoms with Gasteiger partial charge in [-0.1, -0.05) is 12.2 Å². The van der Waals surface area contributed by atoms with Crippen molar-refractivity contribution >= 4 is 23.1 Å². The predicted octanol–water partition coefficient (Wildman–Crippen LogP) is 0.550. The summed E-state index contributed by atoms with van der Waals surface area (Å²) in [5.74, 6) is -0.194. The molecular weight excluding hydrogens is 264 g/mol. The first-order valence-electron chi connectivity index (χ1n) is 5.89. The number of ether oxygens (including phenoxy) is 1. The lowest BCUT2D eigenvalue weighted by molar-refractivity contribution is 0.0695. The molecule has 1 rings (SSSR count). The minimum atomic E-state index is -0.194. The molecule has 6 nitrogen and oxygen atoms in total. The van der Waals surface area contributed by atoms with E-state index >= 15 is 0 Å². The number of nitrogens with zero attached hydrogens (tertiary/aromatic N) is 3. The van der Waals surface area contributed by atoms with Gasteiger partial charge >= 0.3 is 0 Å². The molecule has 1 amide bonds. The highest BCUT2D eigenvalue weighted by Gasteiger charge is 2.17. The molecule has 0 aliphatic carbocycles. The second kappa shape index (κ2) is 7.75. The number of amides is 1. The Morgan fingerprint density at radius 1 is 1.42 bits per heavy atom. The Morgan fingerprint density at radius 2 is 2.16 bits per heavy atom. The van der Waals surface area contributed by atoms with Crippen molar-refractivity contribution in [2.45, 2.75) is 13.3 Å². The Kier molecular flexibility index (Phi) is 6.31. The third-order valence-corrected chi connectivity index (χ3v) is 2.68. The Balaban J connectivity index is 2.74. The lowest BCUT2D eigenvalue weighted by atomic mass is 10.3. The van der Waals surface area contributed by atoms with Crippen LogP contribution in [0, 0.1) is 6.92 Å². The number of carbonyl (C=O) groups is 1. The molecule has 0 bridgehead atoms. The highest BCUT2D eigenvalue weighted by atomic mass is 32.1. The van der Waals surface area contributed by atoms with Crippen LogP contribution in [0.2, 0.25) is 0 Å². The maximum Gasteiger partial charge on any atom is 0.274 e. The quantitative estimate of drug-likeness (QED) is 0.736. The van der Waals surface area contributed by atoms with E-state index in [9.17, 15) is 4.79 Å². The summed E-state index contributed by atoms with van der Waals surface area (Å²) in [5, 5.41) is 0. The second-order valence-corrected chi connectivity index (χ2v) is 4.57. The molecule has 7 heteroatoms. The van der Waals surface area contributed by atoms with E-state index in [-0.39, 0.29) is 5.91 Å². The van der Waals surface area contributed by atoms with Gasteiger partial charge in [-0.15, -0.1) is 0 Å². The summed E-state index contributed by atoms with van der Waals surface area (Å²) in [6.07, 6.45) is 3.51. The number of carbonyl (C=O) groups excluding carboxylic acids is 1. The molecular formula is C12H18N4O2S. The first kappa shape index (κ1) is 15.5. The Morgan fingerprint density at radius 3 is 2.68 bits per heavy atom. The van der Waals surface area contributed by atoms with Gasteiger partial charge in [0.1, 0.15) is 5.69 Å². The van der Waals surface area contributed by atoms with E-state index < -0.39 is 0 Å². The van der Waals surface area contributed by atoms with Crippen LogP contribution in [0.25, 0.3) is 0 Å². The molecule has 1 aromatic heterocycles. The number of methoxy groups -OCH3 is 1. The lowest BCUT2D eigenvalue weighted by Crippen LogP contribution is -2.36. The number of aryl methyl sites for hydroxylation is 1. The van der Waals surface area contributed by atoms with Gasteiger partial charge in [-0.25, -0.2) is 4.98 Å². The lowest BCUT2D eigenvalue weighted by Gasteiger charge is -2.21. The summed E-state index contributed by atoms with van der Waals surface area (Å²) in [6, 6.07) is 0. The first-order chi connectivity index (χ1) is 9.04. The molecule has 0 aromatic carbocycles. The molecule has 0 saturated heterocycles. The molecule has 1 heterocycles.